The summed E-state index contributed by atoms with van der Waals surface area (Å²) in [5.74, 6) is -0.907. The van der Waals surface area contributed by atoms with Crippen molar-refractivity contribution in [1.82, 2.24) is 0 Å². The molecule has 0 unspecified atom stereocenters. The van der Waals surface area contributed by atoms with Gasteiger partial charge in [-0.15, -0.1) is 0 Å². The summed E-state index contributed by atoms with van der Waals surface area (Å²) in [4.78, 5) is 0. The van der Waals surface area contributed by atoms with Crippen LogP contribution in [0.2, 0.25) is 0 Å². The number of hydrogen-bond acceptors (Lipinski definition) is 3. The molecule has 2 aromatic carbocycles. The Labute approximate surface area is 112 Å². The molecule has 1 fully saturated rings. The summed E-state index contributed by atoms with van der Waals surface area (Å²) in [5.41, 5.74) is 1.88. The second-order valence-electron chi connectivity index (χ2n) is 4.58. The molecule has 0 spiro atoms. The first-order chi connectivity index (χ1) is 9.35. The zero-order valence-corrected chi connectivity index (χ0v) is 10.5. The lowest BCUT2D eigenvalue weighted by Gasteiger charge is -2.29. The van der Waals surface area contributed by atoms with E-state index >= 15 is 0 Å². The Kier molecular flexibility index (Phi) is 3.34. The molecule has 1 heterocycles. The lowest BCUT2D eigenvalue weighted by molar-refractivity contribution is -0.146. The summed E-state index contributed by atoms with van der Waals surface area (Å²) in [6.45, 7) is 0.349. The Morgan fingerprint density at radius 2 is 1.47 bits per heavy atom. The minimum absolute atomic E-state index is 0.0403. The Hall–Kier alpha value is -1.68. The maximum absolute atomic E-state index is 9.29. The first-order valence-corrected chi connectivity index (χ1v) is 6.39. The van der Waals surface area contributed by atoms with Crippen LogP contribution in [0.25, 0.3) is 0 Å². The van der Waals surface area contributed by atoms with Gasteiger partial charge in [-0.3, -0.25) is 0 Å². The summed E-state index contributed by atoms with van der Waals surface area (Å²) in [6, 6.07) is 19.7. The van der Waals surface area contributed by atoms with Crippen molar-refractivity contribution in [1.29, 1.82) is 0 Å². The molecule has 0 bridgehead atoms. The molecule has 3 nitrogen and oxygen atoms in total. The summed E-state index contributed by atoms with van der Waals surface area (Å²) in [6.07, 6.45) is -0.291. The third-order valence-corrected chi connectivity index (χ3v) is 3.32. The van der Waals surface area contributed by atoms with E-state index in [2.05, 4.69) is 0 Å². The normalized spacial score (nSPS) is 21.4. The molecule has 19 heavy (non-hydrogen) atoms. The van der Waals surface area contributed by atoms with Crippen LogP contribution >= 0.6 is 0 Å². The van der Waals surface area contributed by atoms with Crippen LogP contribution in [0.4, 0.5) is 0 Å². The fourth-order valence-corrected chi connectivity index (χ4v) is 2.39. The van der Waals surface area contributed by atoms with Crippen LogP contribution in [0, 0.1) is 0 Å². The Morgan fingerprint density at radius 3 is 1.89 bits per heavy atom. The summed E-state index contributed by atoms with van der Waals surface area (Å²) >= 11 is 0. The van der Waals surface area contributed by atoms with Crippen LogP contribution in [0.3, 0.4) is 0 Å². The topological polar surface area (TPSA) is 38.7 Å². The zero-order chi connectivity index (χ0) is 13.1. The van der Waals surface area contributed by atoms with Gasteiger partial charge in [-0.2, -0.15) is 0 Å². The monoisotopic (exact) mass is 256 g/mol. The van der Waals surface area contributed by atoms with Crippen LogP contribution < -0.4 is 0 Å². The van der Waals surface area contributed by atoms with Gasteiger partial charge in [0, 0.05) is 11.1 Å². The van der Waals surface area contributed by atoms with Crippen LogP contribution in [0.15, 0.2) is 60.7 Å². The standard InChI is InChI=1S/C16H16O3/c17-11-15-12-18-16(19-15,13-7-3-1-4-8-13)14-9-5-2-6-10-14/h1-10,15,17H,11-12H2/t15-/m0/s1. The van der Waals surface area contributed by atoms with Crippen molar-refractivity contribution < 1.29 is 14.6 Å². The van der Waals surface area contributed by atoms with Gasteiger partial charge in [0.2, 0.25) is 5.79 Å². The van der Waals surface area contributed by atoms with E-state index in [1.807, 2.05) is 60.7 Å². The van der Waals surface area contributed by atoms with E-state index in [0.29, 0.717) is 6.61 Å². The van der Waals surface area contributed by atoms with Gasteiger partial charge in [-0.25, -0.2) is 0 Å². The van der Waals surface area contributed by atoms with Crippen molar-refractivity contribution in [2.75, 3.05) is 13.2 Å². The largest absolute Gasteiger partial charge is 0.394 e. The van der Waals surface area contributed by atoms with Crippen molar-refractivity contribution >= 4 is 0 Å². The maximum atomic E-state index is 9.29. The van der Waals surface area contributed by atoms with Gasteiger partial charge in [0.1, 0.15) is 6.10 Å². The molecule has 1 aliphatic rings. The highest BCUT2D eigenvalue weighted by Gasteiger charge is 2.44. The third-order valence-electron chi connectivity index (χ3n) is 3.32. The van der Waals surface area contributed by atoms with E-state index in [4.69, 9.17) is 9.47 Å². The van der Waals surface area contributed by atoms with Gasteiger partial charge in [-0.05, 0) is 0 Å². The molecule has 0 radical (unpaired) electrons. The first-order valence-electron chi connectivity index (χ1n) is 6.39. The van der Waals surface area contributed by atoms with Crippen molar-refractivity contribution in [3.05, 3.63) is 71.8 Å². The molecule has 1 saturated heterocycles. The minimum atomic E-state index is -0.907. The SMILES string of the molecule is OC[C@H]1COC(c2ccccc2)(c2ccccc2)O1. The molecule has 0 aliphatic carbocycles. The van der Waals surface area contributed by atoms with Crippen LogP contribution in [-0.2, 0) is 15.3 Å². The van der Waals surface area contributed by atoms with Crippen LogP contribution in [-0.4, -0.2) is 24.4 Å². The molecule has 1 atom stereocenters. The zero-order valence-electron chi connectivity index (χ0n) is 10.5. The van der Waals surface area contributed by atoms with E-state index in [1.54, 1.807) is 0 Å². The molecule has 3 heteroatoms. The van der Waals surface area contributed by atoms with E-state index in [9.17, 15) is 5.11 Å². The minimum Gasteiger partial charge on any atom is -0.394 e. The van der Waals surface area contributed by atoms with Gasteiger partial charge < -0.3 is 14.6 Å². The Balaban J connectivity index is 2.07. The van der Waals surface area contributed by atoms with Crippen molar-refractivity contribution in [3.63, 3.8) is 0 Å². The summed E-state index contributed by atoms with van der Waals surface area (Å²) in [7, 11) is 0. The van der Waals surface area contributed by atoms with Crippen molar-refractivity contribution in [3.8, 4) is 0 Å². The molecule has 0 amide bonds. The number of aliphatic hydroxyl groups excluding tert-OH is 1. The van der Waals surface area contributed by atoms with Crippen molar-refractivity contribution in [2.45, 2.75) is 11.9 Å². The number of hydrogen-bond donors (Lipinski definition) is 1. The molecule has 0 saturated carbocycles. The lowest BCUT2D eigenvalue weighted by Crippen LogP contribution is -2.30. The molecule has 3 rings (SSSR count). The predicted molar refractivity (Wildman–Crippen MR) is 71.6 cm³/mol. The highest BCUT2D eigenvalue weighted by molar-refractivity contribution is 5.34. The van der Waals surface area contributed by atoms with Gasteiger partial charge in [0.05, 0.1) is 13.2 Å². The van der Waals surface area contributed by atoms with Gasteiger partial charge >= 0.3 is 0 Å². The maximum Gasteiger partial charge on any atom is 0.222 e. The van der Waals surface area contributed by atoms with Gasteiger partial charge in [-0.1, -0.05) is 60.7 Å². The summed E-state index contributed by atoms with van der Waals surface area (Å²) < 4.78 is 11.9. The fraction of sp³-hybridized carbons (Fsp3) is 0.250. The second kappa shape index (κ2) is 5.13. The molecule has 1 N–H and O–H groups in total. The highest BCUT2D eigenvalue weighted by Crippen LogP contribution is 2.40. The highest BCUT2D eigenvalue weighted by atomic mass is 16.7. The van der Waals surface area contributed by atoms with Gasteiger partial charge in [0.25, 0.3) is 0 Å². The van der Waals surface area contributed by atoms with E-state index in [0.717, 1.165) is 11.1 Å². The molecule has 1 aliphatic heterocycles. The quantitative estimate of drug-likeness (QED) is 0.915. The van der Waals surface area contributed by atoms with Gasteiger partial charge in [0.15, 0.2) is 0 Å². The number of benzene rings is 2. The molecule has 98 valence electrons. The molecular formula is C16H16O3. The fourth-order valence-electron chi connectivity index (χ4n) is 2.39. The van der Waals surface area contributed by atoms with E-state index in [-0.39, 0.29) is 12.7 Å². The number of ether oxygens (including phenoxy) is 2. The van der Waals surface area contributed by atoms with Crippen LogP contribution in [0.1, 0.15) is 11.1 Å². The number of aliphatic hydroxyl groups is 1. The first kappa shape index (κ1) is 12.4. The molecule has 2 aromatic rings. The smallest absolute Gasteiger partial charge is 0.222 e. The predicted octanol–water partition coefficient (Wildman–Crippen LogP) is 2.30. The van der Waals surface area contributed by atoms with Crippen LogP contribution in [0.5, 0.6) is 0 Å². The average molecular weight is 256 g/mol. The lowest BCUT2D eigenvalue weighted by atomic mass is 9.97. The molecular weight excluding hydrogens is 240 g/mol. The third kappa shape index (κ3) is 2.16. The summed E-state index contributed by atoms with van der Waals surface area (Å²) in [5, 5.41) is 9.29. The second-order valence-corrected chi connectivity index (χ2v) is 4.58. The Bertz CT molecular complexity index is 485. The number of rotatable bonds is 3. The van der Waals surface area contributed by atoms with E-state index in [1.165, 1.54) is 0 Å². The molecule has 0 aromatic heterocycles. The Morgan fingerprint density at radius 1 is 0.947 bits per heavy atom. The van der Waals surface area contributed by atoms with E-state index < -0.39 is 5.79 Å². The average Bonchev–Trinajstić information content (AvgIpc) is 2.95. The van der Waals surface area contributed by atoms with Crippen molar-refractivity contribution in [2.24, 2.45) is 0 Å².